The van der Waals surface area contributed by atoms with Crippen LogP contribution in [0.2, 0.25) is 5.02 Å². The first-order valence-corrected chi connectivity index (χ1v) is 5.91. The molecule has 96 valence electrons. The molecule has 0 spiro atoms. The number of aryl methyl sites for hydroxylation is 1. The van der Waals surface area contributed by atoms with E-state index in [2.05, 4.69) is 20.9 Å². The number of hydrogen-bond donors (Lipinski definition) is 0. The van der Waals surface area contributed by atoms with Gasteiger partial charge < -0.3 is 0 Å². The van der Waals surface area contributed by atoms with Gasteiger partial charge in [0.1, 0.15) is 11.5 Å². The predicted molar refractivity (Wildman–Crippen MR) is 64.2 cm³/mol. The van der Waals surface area contributed by atoms with Crippen molar-refractivity contribution in [1.82, 2.24) is 4.98 Å². The van der Waals surface area contributed by atoms with Gasteiger partial charge in [-0.3, -0.25) is 0 Å². The molecular weight excluding hydrogens is 337 g/mol. The molecule has 0 bridgehead atoms. The van der Waals surface area contributed by atoms with Crippen LogP contribution in [-0.4, -0.2) is 4.98 Å². The second kappa shape index (κ2) is 4.35. The zero-order valence-electron chi connectivity index (χ0n) is 8.87. The van der Waals surface area contributed by atoms with Crippen molar-refractivity contribution in [1.29, 1.82) is 0 Å². The topological polar surface area (TPSA) is 12.9 Å². The first-order valence-electron chi connectivity index (χ1n) is 4.74. The van der Waals surface area contributed by atoms with Crippen molar-refractivity contribution in [3.63, 3.8) is 0 Å². The molecule has 7 heteroatoms. The van der Waals surface area contributed by atoms with E-state index in [1.54, 1.807) is 0 Å². The number of pyridine rings is 1. The smallest absolute Gasteiger partial charge is 0.243 e. The van der Waals surface area contributed by atoms with Crippen LogP contribution in [0.4, 0.5) is 17.6 Å². The number of aromatic nitrogens is 1. The van der Waals surface area contributed by atoms with Crippen molar-refractivity contribution in [3.8, 4) is 0 Å². The highest BCUT2D eigenvalue weighted by atomic mass is 79.9. The van der Waals surface area contributed by atoms with Crippen LogP contribution in [0.25, 0.3) is 10.9 Å². The molecule has 1 aromatic heterocycles. The lowest BCUT2D eigenvalue weighted by Crippen LogP contribution is -2.08. The van der Waals surface area contributed by atoms with Crippen molar-refractivity contribution >= 4 is 38.4 Å². The summed E-state index contributed by atoms with van der Waals surface area (Å²) >= 11 is 8.69. The predicted octanol–water partition coefficient (Wildman–Crippen LogP) is 5.12. The van der Waals surface area contributed by atoms with Gasteiger partial charge in [0.05, 0.1) is 20.4 Å². The van der Waals surface area contributed by atoms with Gasteiger partial charge in [0.15, 0.2) is 0 Å². The summed E-state index contributed by atoms with van der Waals surface area (Å²) in [5.74, 6) is -0.721. The zero-order chi connectivity index (χ0) is 13.7. The highest BCUT2D eigenvalue weighted by molar-refractivity contribution is 9.10. The van der Waals surface area contributed by atoms with Gasteiger partial charge >= 0.3 is 6.18 Å². The molecule has 0 unspecified atom stereocenters. The molecule has 0 aliphatic heterocycles. The summed E-state index contributed by atoms with van der Waals surface area (Å²) in [4.78, 5) is 3.44. The minimum absolute atomic E-state index is 0.0875. The second-order valence-corrected chi connectivity index (χ2v) is 4.96. The fourth-order valence-corrected chi connectivity index (χ4v) is 2.41. The van der Waals surface area contributed by atoms with Gasteiger partial charge in [-0.05, 0) is 40.5 Å². The quantitative estimate of drug-likeness (QED) is 0.606. The number of hydrogen-bond acceptors (Lipinski definition) is 1. The van der Waals surface area contributed by atoms with Gasteiger partial charge in [-0.15, -0.1) is 0 Å². The molecule has 0 aliphatic rings. The molecule has 0 saturated heterocycles. The van der Waals surface area contributed by atoms with E-state index >= 15 is 0 Å². The molecule has 0 radical (unpaired) electrons. The lowest BCUT2D eigenvalue weighted by atomic mass is 10.1. The molecule has 18 heavy (non-hydrogen) atoms. The Hall–Kier alpha value is -0.880. The Kier molecular flexibility index (Phi) is 3.27. The Balaban J connectivity index is 2.91. The van der Waals surface area contributed by atoms with Crippen molar-refractivity contribution in [3.05, 3.63) is 38.7 Å². The van der Waals surface area contributed by atoms with E-state index in [4.69, 9.17) is 11.6 Å². The number of rotatable bonds is 0. The number of nitrogens with zero attached hydrogens (tertiary/aromatic N) is 1. The van der Waals surface area contributed by atoms with E-state index in [1.165, 1.54) is 13.0 Å². The summed E-state index contributed by atoms with van der Waals surface area (Å²) in [5, 5.41) is -0.425. The van der Waals surface area contributed by atoms with Crippen LogP contribution < -0.4 is 0 Å². The molecular formula is C11H5BrClF4N. The summed E-state index contributed by atoms with van der Waals surface area (Å²) in [5.41, 5.74) is -0.813. The van der Waals surface area contributed by atoms with E-state index in [0.29, 0.717) is 11.6 Å². The first-order chi connectivity index (χ1) is 8.21. The average molecular weight is 343 g/mol. The first kappa shape index (κ1) is 13.5. The molecule has 1 nitrogen and oxygen atoms in total. The van der Waals surface area contributed by atoms with E-state index in [9.17, 15) is 17.6 Å². The molecule has 0 atom stereocenters. The summed E-state index contributed by atoms with van der Waals surface area (Å²) in [7, 11) is 0. The average Bonchev–Trinajstić information content (AvgIpc) is 2.24. The molecule has 0 N–H and O–H groups in total. The standard InChI is InChI=1S/C11H5BrClF4N/c1-4-2-5(12)9(14)8-6(13)3-7(11(15,16)17)18-10(4)8/h2-3H,1H3. The second-order valence-electron chi connectivity index (χ2n) is 3.70. The molecule has 1 heterocycles. The van der Waals surface area contributed by atoms with Crippen LogP contribution in [0.15, 0.2) is 16.6 Å². The monoisotopic (exact) mass is 341 g/mol. The van der Waals surface area contributed by atoms with Gasteiger partial charge in [-0.25, -0.2) is 9.37 Å². The maximum absolute atomic E-state index is 13.8. The van der Waals surface area contributed by atoms with Crippen LogP contribution in [0.1, 0.15) is 11.3 Å². The number of fused-ring (bicyclic) bond motifs is 1. The third kappa shape index (κ3) is 2.19. The van der Waals surface area contributed by atoms with Crippen molar-refractivity contribution in [2.75, 3.05) is 0 Å². The van der Waals surface area contributed by atoms with Crippen molar-refractivity contribution in [2.24, 2.45) is 0 Å². The normalized spacial score (nSPS) is 12.2. The van der Waals surface area contributed by atoms with Crippen LogP contribution in [-0.2, 0) is 6.18 Å². The molecule has 0 fully saturated rings. The molecule has 2 rings (SSSR count). The fourth-order valence-electron chi connectivity index (χ4n) is 1.59. The van der Waals surface area contributed by atoms with Gasteiger partial charge in [0, 0.05) is 0 Å². The van der Waals surface area contributed by atoms with Crippen molar-refractivity contribution in [2.45, 2.75) is 13.1 Å². The summed E-state index contributed by atoms with van der Waals surface area (Å²) < 4.78 is 51.7. The Morgan fingerprint density at radius 3 is 2.44 bits per heavy atom. The number of halogens is 6. The lowest BCUT2D eigenvalue weighted by molar-refractivity contribution is -0.140. The summed E-state index contributed by atoms with van der Waals surface area (Å²) in [6, 6.07) is 1.99. The lowest BCUT2D eigenvalue weighted by Gasteiger charge is -2.11. The van der Waals surface area contributed by atoms with Crippen LogP contribution >= 0.6 is 27.5 Å². The van der Waals surface area contributed by atoms with E-state index in [-0.39, 0.29) is 20.4 Å². The highest BCUT2D eigenvalue weighted by Crippen LogP contribution is 2.36. The van der Waals surface area contributed by atoms with Gasteiger partial charge in [-0.2, -0.15) is 13.2 Å². The Morgan fingerprint density at radius 1 is 1.28 bits per heavy atom. The molecule has 1 aromatic carbocycles. The maximum Gasteiger partial charge on any atom is 0.433 e. The Morgan fingerprint density at radius 2 is 1.89 bits per heavy atom. The summed E-state index contributed by atoms with van der Waals surface area (Å²) in [6.45, 7) is 1.54. The highest BCUT2D eigenvalue weighted by Gasteiger charge is 2.33. The van der Waals surface area contributed by atoms with E-state index in [1.807, 2.05) is 0 Å². The number of alkyl halides is 3. The molecule has 0 amide bonds. The molecule has 2 aromatic rings. The third-order valence-electron chi connectivity index (χ3n) is 2.41. The molecule has 0 aliphatic carbocycles. The van der Waals surface area contributed by atoms with Crippen LogP contribution in [0, 0.1) is 12.7 Å². The zero-order valence-corrected chi connectivity index (χ0v) is 11.2. The minimum atomic E-state index is -4.62. The largest absolute Gasteiger partial charge is 0.433 e. The maximum atomic E-state index is 13.8. The van der Waals surface area contributed by atoms with Crippen LogP contribution in [0.5, 0.6) is 0 Å². The van der Waals surface area contributed by atoms with Crippen molar-refractivity contribution < 1.29 is 17.6 Å². The van der Waals surface area contributed by atoms with E-state index in [0.717, 1.165) is 0 Å². The van der Waals surface area contributed by atoms with Gasteiger partial charge in [0.2, 0.25) is 0 Å². The SMILES string of the molecule is Cc1cc(Br)c(F)c2c(Cl)cc(C(F)(F)F)nc12. The summed E-state index contributed by atoms with van der Waals surface area (Å²) in [6.07, 6.45) is -4.62. The number of benzene rings is 1. The van der Waals surface area contributed by atoms with Gasteiger partial charge in [-0.1, -0.05) is 11.6 Å². The Bertz CT molecular complexity index is 639. The van der Waals surface area contributed by atoms with Gasteiger partial charge in [0.25, 0.3) is 0 Å². The van der Waals surface area contributed by atoms with E-state index < -0.39 is 17.7 Å². The van der Waals surface area contributed by atoms with Crippen LogP contribution in [0.3, 0.4) is 0 Å². The fraction of sp³-hybridized carbons (Fsp3) is 0.182. The minimum Gasteiger partial charge on any atom is -0.243 e. The molecule has 0 saturated carbocycles. The third-order valence-corrected chi connectivity index (χ3v) is 3.28. The Labute approximate surface area is 113 Å².